The van der Waals surface area contributed by atoms with E-state index in [9.17, 15) is 15.2 Å². The lowest BCUT2D eigenvalue weighted by atomic mass is 10.1. The maximum atomic E-state index is 12.4. The Morgan fingerprint density at radius 1 is 1.40 bits per heavy atom. The van der Waals surface area contributed by atoms with Crippen molar-refractivity contribution in [2.75, 3.05) is 12.0 Å². The number of nitrogens with zero attached hydrogens (tertiary/aromatic N) is 2. The third-order valence-electron chi connectivity index (χ3n) is 3.51. The summed E-state index contributed by atoms with van der Waals surface area (Å²) in [6, 6.07) is 8.57. The van der Waals surface area contributed by atoms with E-state index < -0.39 is 5.91 Å². The number of carbonyl (C=O) groups is 1. The van der Waals surface area contributed by atoms with Crippen molar-refractivity contribution in [2.24, 2.45) is 0 Å². The highest BCUT2D eigenvalue weighted by molar-refractivity contribution is 6.32. The van der Waals surface area contributed by atoms with Crippen molar-refractivity contribution in [3.05, 3.63) is 51.8 Å². The molecule has 0 saturated heterocycles. The van der Waals surface area contributed by atoms with E-state index in [1.807, 2.05) is 32.0 Å². The number of nitriles is 1. The predicted octanol–water partition coefficient (Wildman–Crippen LogP) is 3.54. The van der Waals surface area contributed by atoms with Gasteiger partial charge in [0.2, 0.25) is 0 Å². The van der Waals surface area contributed by atoms with Crippen molar-refractivity contribution in [3.63, 3.8) is 0 Å². The Morgan fingerprint density at radius 3 is 2.60 bits per heavy atom. The summed E-state index contributed by atoms with van der Waals surface area (Å²) in [7, 11) is 0. The average Bonchev–Trinajstić information content (AvgIpc) is 2.89. The first-order valence-electron chi connectivity index (χ1n) is 7.60. The van der Waals surface area contributed by atoms with Crippen LogP contribution in [0.25, 0.3) is 6.08 Å². The highest BCUT2D eigenvalue weighted by Gasteiger charge is 2.14. The zero-order chi connectivity index (χ0) is 18.6. The average molecular weight is 360 g/mol. The molecule has 1 amide bonds. The third kappa shape index (κ3) is 4.14. The van der Waals surface area contributed by atoms with Crippen molar-refractivity contribution in [3.8, 4) is 17.6 Å². The van der Waals surface area contributed by atoms with Crippen LogP contribution >= 0.6 is 11.6 Å². The van der Waals surface area contributed by atoms with Gasteiger partial charge in [0, 0.05) is 11.4 Å². The Kier molecular flexibility index (Phi) is 5.73. The summed E-state index contributed by atoms with van der Waals surface area (Å²) in [5, 5.41) is 19.3. The van der Waals surface area contributed by atoms with Crippen molar-refractivity contribution in [1.29, 1.82) is 5.26 Å². The summed E-state index contributed by atoms with van der Waals surface area (Å²) in [4.78, 5) is 12.4. The molecule has 2 N–H and O–H groups in total. The van der Waals surface area contributed by atoms with E-state index >= 15 is 0 Å². The first-order chi connectivity index (χ1) is 11.9. The van der Waals surface area contributed by atoms with Crippen LogP contribution in [0.2, 0.25) is 5.02 Å². The van der Waals surface area contributed by atoms with Crippen LogP contribution in [-0.4, -0.2) is 22.3 Å². The normalized spacial score (nSPS) is 11.1. The summed E-state index contributed by atoms with van der Waals surface area (Å²) in [5.41, 5.74) is 4.72. The van der Waals surface area contributed by atoms with E-state index in [0.717, 1.165) is 11.4 Å². The van der Waals surface area contributed by atoms with E-state index in [2.05, 4.69) is 5.43 Å². The Bertz CT molecular complexity index is 859. The van der Waals surface area contributed by atoms with E-state index in [1.165, 1.54) is 18.2 Å². The quantitative estimate of drug-likeness (QED) is 0.631. The smallest absolute Gasteiger partial charge is 0.280 e. The number of phenolic OH excluding ortho intramolecular Hbond substituents is 1. The number of halogens is 1. The van der Waals surface area contributed by atoms with Gasteiger partial charge in [-0.2, -0.15) is 5.26 Å². The van der Waals surface area contributed by atoms with Crippen LogP contribution in [0.4, 0.5) is 0 Å². The number of rotatable bonds is 5. The van der Waals surface area contributed by atoms with E-state index in [4.69, 9.17) is 16.3 Å². The lowest BCUT2D eigenvalue weighted by Gasteiger charge is -2.11. The number of ether oxygens (including phenoxy) is 1. The molecule has 0 unspecified atom stereocenters. The second kappa shape index (κ2) is 7.77. The van der Waals surface area contributed by atoms with E-state index in [-0.39, 0.29) is 22.1 Å². The number of benzene rings is 1. The molecule has 6 nitrogen and oxygen atoms in total. The minimum absolute atomic E-state index is 0.0759. The summed E-state index contributed by atoms with van der Waals surface area (Å²) in [5.74, 6) is -0.537. The van der Waals surface area contributed by atoms with Gasteiger partial charge in [0.1, 0.15) is 11.6 Å². The molecule has 0 spiro atoms. The fourth-order valence-electron chi connectivity index (χ4n) is 2.26. The molecule has 1 heterocycles. The van der Waals surface area contributed by atoms with Crippen LogP contribution in [-0.2, 0) is 4.79 Å². The van der Waals surface area contributed by atoms with Crippen LogP contribution in [0, 0.1) is 25.2 Å². The summed E-state index contributed by atoms with van der Waals surface area (Å²) < 4.78 is 6.90. The van der Waals surface area contributed by atoms with Crippen molar-refractivity contribution in [1.82, 2.24) is 4.68 Å². The lowest BCUT2D eigenvalue weighted by Crippen LogP contribution is -2.25. The van der Waals surface area contributed by atoms with Gasteiger partial charge in [-0.25, -0.2) is 0 Å². The zero-order valence-electron chi connectivity index (χ0n) is 14.1. The molecule has 2 rings (SSSR count). The molecule has 2 aromatic rings. The first-order valence-corrected chi connectivity index (χ1v) is 7.98. The molecule has 1 aromatic heterocycles. The van der Waals surface area contributed by atoms with Gasteiger partial charge >= 0.3 is 0 Å². The Hall–Kier alpha value is -2.91. The monoisotopic (exact) mass is 359 g/mol. The van der Waals surface area contributed by atoms with Gasteiger partial charge in [0.25, 0.3) is 5.91 Å². The largest absolute Gasteiger partial charge is 0.503 e. The van der Waals surface area contributed by atoms with Crippen LogP contribution in [0.3, 0.4) is 0 Å². The summed E-state index contributed by atoms with van der Waals surface area (Å²) >= 11 is 5.97. The fourth-order valence-corrected chi connectivity index (χ4v) is 2.48. The van der Waals surface area contributed by atoms with Crippen LogP contribution in [0.5, 0.6) is 11.5 Å². The Balaban J connectivity index is 2.34. The molecule has 0 aliphatic heterocycles. The van der Waals surface area contributed by atoms with Gasteiger partial charge in [0.15, 0.2) is 11.5 Å². The van der Waals surface area contributed by atoms with Gasteiger partial charge in [-0.1, -0.05) is 11.6 Å². The number of nitrogens with one attached hydrogen (secondary N) is 1. The first kappa shape index (κ1) is 18.4. The number of phenols is 1. The molecule has 0 saturated carbocycles. The van der Waals surface area contributed by atoms with Gasteiger partial charge in [0.05, 0.1) is 11.6 Å². The zero-order valence-corrected chi connectivity index (χ0v) is 14.9. The number of amides is 1. The molecular weight excluding hydrogens is 342 g/mol. The molecule has 0 bridgehead atoms. The maximum Gasteiger partial charge on any atom is 0.280 e. The van der Waals surface area contributed by atoms with Crippen molar-refractivity contribution < 1.29 is 14.6 Å². The topological polar surface area (TPSA) is 87.3 Å². The van der Waals surface area contributed by atoms with Gasteiger partial charge in [-0.3, -0.25) is 14.9 Å². The minimum atomic E-state index is -0.549. The van der Waals surface area contributed by atoms with Crippen LogP contribution in [0.15, 0.2) is 29.8 Å². The highest BCUT2D eigenvalue weighted by Crippen LogP contribution is 2.35. The predicted molar refractivity (Wildman–Crippen MR) is 96.1 cm³/mol. The molecule has 1 aromatic carbocycles. The molecule has 25 heavy (non-hydrogen) atoms. The van der Waals surface area contributed by atoms with Crippen LogP contribution < -0.4 is 10.2 Å². The number of aryl methyl sites for hydroxylation is 2. The van der Waals surface area contributed by atoms with Crippen molar-refractivity contribution in [2.45, 2.75) is 20.8 Å². The number of aromatic nitrogens is 1. The van der Waals surface area contributed by atoms with Gasteiger partial charge in [-0.15, -0.1) is 0 Å². The number of hydrogen-bond acceptors (Lipinski definition) is 4. The molecule has 0 fully saturated rings. The molecular formula is C18H18ClN3O3. The molecule has 0 aliphatic rings. The maximum absolute atomic E-state index is 12.4. The van der Waals surface area contributed by atoms with E-state index in [0.29, 0.717) is 12.2 Å². The fraction of sp³-hybridized carbons (Fsp3) is 0.222. The standard InChI is InChI=1S/C18H18ClN3O3/c1-4-25-16-9-13(8-15(19)17(16)23)7-14(10-20)18(24)21-22-11(2)5-6-12(22)3/h5-9,23H,4H2,1-3H3,(H,21,24)/b14-7-. The number of carbonyl (C=O) groups excluding carboxylic acids is 1. The highest BCUT2D eigenvalue weighted by atomic mass is 35.5. The second-order valence-corrected chi connectivity index (χ2v) is 5.75. The summed E-state index contributed by atoms with van der Waals surface area (Å²) in [6.45, 7) is 5.80. The van der Waals surface area contributed by atoms with Crippen molar-refractivity contribution >= 4 is 23.6 Å². The van der Waals surface area contributed by atoms with Gasteiger partial charge < -0.3 is 9.84 Å². The molecule has 0 atom stereocenters. The number of aromatic hydroxyl groups is 1. The minimum Gasteiger partial charge on any atom is -0.503 e. The third-order valence-corrected chi connectivity index (χ3v) is 3.80. The second-order valence-electron chi connectivity index (χ2n) is 5.34. The molecule has 7 heteroatoms. The van der Waals surface area contributed by atoms with E-state index in [1.54, 1.807) is 11.6 Å². The SMILES string of the molecule is CCOc1cc(/C=C(/C#N)C(=O)Nn2c(C)ccc2C)cc(Cl)c1O. The lowest BCUT2D eigenvalue weighted by molar-refractivity contribution is -0.113. The Labute approximate surface area is 150 Å². The molecule has 130 valence electrons. The van der Waals surface area contributed by atoms with Gasteiger partial charge in [-0.05, 0) is 56.7 Å². The molecule has 0 aliphatic carbocycles. The number of hydrogen-bond donors (Lipinski definition) is 2. The Morgan fingerprint density at radius 2 is 2.04 bits per heavy atom. The molecule has 0 radical (unpaired) electrons. The summed E-state index contributed by atoms with van der Waals surface area (Å²) in [6.07, 6.45) is 1.39. The van der Waals surface area contributed by atoms with Crippen LogP contribution in [0.1, 0.15) is 23.9 Å².